The molecule has 0 unspecified atom stereocenters. The van der Waals surface area contributed by atoms with Crippen molar-refractivity contribution >= 4 is 97.7 Å². The fourth-order valence-corrected chi connectivity index (χ4v) is 10.1. The summed E-state index contributed by atoms with van der Waals surface area (Å²) in [5.41, 5.74) is 10.9. The number of thiazole rings is 2. The lowest BCUT2D eigenvalue weighted by atomic mass is 9.85. The summed E-state index contributed by atoms with van der Waals surface area (Å²) < 4.78 is 2.32. The topological polar surface area (TPSA) is 32.3 Å². The van der Waals surface area contributed by atoms with E-state index in [4.69, 9.17) is 9.97 Å². The van der Waals surface area contributed by atoms with E-state index in [1.807, 2.05) is 0 Å². The van der Waals surface area contributed by atoms with Gasteiger partial charge in [-0.3, -0.25) is 9.80 Å². The lowest BCUT2D eigenvalue weighted by molar-refractivity contribution is 1.25. The van der Waals surface area contributed by atoms with Crippen LogP contribution in [0.5, 0.6) is 0 Å². The van der Waals surface area contributed by atoms with Gasteiger partial charge in [0.2, 0.25) is 0 Å². The molecule has 0 aliphatic carbocycles. The highest BCUT2D eigenvalue weighted by Crippen LogP contribution is 2.49. The molecule has 0 fully saturated rings. The molecule has 6 heteroatoms. The molecule has 0 N–H and O–H groups in total. The van der Waals surface area contributed by atoms with Crippen LogP contribution in [0.1, 0.15) is 0 Å². The third-order valence-electron chi connectivity index (χ3n) is 10.7. The number of rotatable bonds is 8. The number of hydrogen-bond acceptors (Lipinski definition) is 6. The molecule has 0 saturated heterocycles. The van der Waals surface area contributed by atoms with Gasteiger partial charge in [-0.25, -0.2) is 9.97 Å². The van der Waals surface area contributed by atoms with Crippen LogP contribution in [0.15, 0.2) is 206 Å². The van der Waals surface area contributed by atoms with Crippen molar-refractivity contribution in [2.75, 3.05) is 9.80 Å². The Balaban J connectivity index is 1.21. The number of hydrogen-bond donors (Lipinski definition) is 0. The zero-order valence-corrected chi connectivity index (χ0v) is 32.9. The van der Waals surface area contributed by atoms with E-state index in [1.54, 1.807) is 22.7 Å². The van der Waals surface area contributed by atoms with Gasteiger partial charge in [-0.05, 0) is 117 Å². The number of para-hydroxylation sites is 4. The quantitative estimate of drug-likeness (QED) is 0.144. The molecule has 0 atom stereocenters. The molecule has 0 saturated carbocycles. The van der Waals surface area contributed by atoms with E-state index in [1.165, 1.54) is 43.8 Å². The molecule has 0 aliphatic heterocycles. The minimum atomic E-state index is 0.928. The smallest absolute Gasteiger partial charge is 0.195 e. The van der Waals surface area contributed by atoms with E-state index in [-0.39, 0.29) is 0 Å². The molecule has 4 nitrogen and oxygen atoms in total. The van der Waals surface area contributed by atoms with Crippen molar-refractivity contribution in [1.82, 2.24) is 9.97 Å². The van der Waals surface area contributed by atoms with Gasteiger partial charge in [0.25, 0.3) is 0 Å². The minimum Gasteiger partial charge on any atom is -0.286 e. The number of fused-ring (bicyclic) bond motifs is 4. The molecule has 0 aliphatic rings. The molecule has 2 heterocycles. The van der Waals surface area contributed by atoms with Gasteiger partial charge in [0.05, 0.1) is 20.4 Å². The second-order valence-electron chi connectivity index (χ2n) is 14.2. The largest absolute Gasteiger partial charge is 0.286 e. The SMILES string of the molecule is c1ccc(-c2c3ccc(N(c4ccccc4)c4nc5ccccc5s4)cc3c(-c3ccccc3)c3ccc(N(c4ccccc4)c4nc5ccccc5s4)cc23)cc1. The van der Waals surface area contributed by atoms with Crippen LogP contribution in [0.4, 0.5) is 33.0 Å². The Labute approximate surface area is 344 Å². The number of aromatic nitrogens is 2. The second kappa shape index (κ2) is 14.4. The summed E-state index contributed by atoms with van der Waals surface area (Å²) in [7, 11) is 0. The van der Waals surface area contributed by atoms with E-state index in [0.717, 1.165) is 53.4 Å². The monoisotopic (exact) mass is 778 g/mol. The van der Waals surface area contributed by atoms with Crippen molar-refractivity contribution in [1.29, 1.82) is 0 Å². The number of anilines is 6. The molecule has 58 heavy (non-hydrogen) atoms. The Morgan fingerprint density at radius 3 is 1.07 bits per heavy atom. The Bertz CT molecular complexity index is 2950. The van der Waals surface area contributed by atoms with Crippen LogP contribution in [-0.4, -0.2) is 9.97 Å². The lowest BCUT2D eigenvalue weighted by Gasteiger charge is -2.26. The fraction of sp³-hybridized carbons (Fsp3) is 0. The maximum absolute atomic E-state index is 5.17. The zero-order chi connectivity index (χ0) is 38.4. The summed E-state index contributed by atoms with van der Waals surface area (Å²) in [6.45, 7) is 0. The average molecular weight is 779 g/mol. The first-order valence-corrected chi connectivity index (χ1v) is 21.0. The zero-order valence-electron chi connectivity index (χ0n) is 31.2. The van der Waals surface area contributed by atoms with Crippen LogP contribution in [0.2, 0.25) is 0 Å². The van der Waals surface area contributed by atoms with Crippen LogP contribution in [0, 0.1) is 0 Å². The van der Waals surface area contributed by atoms with E-state index in [2.05, 4.69) is 216 Å². The van der Waals surface area contributed by atoms with Crippen molar-refractivity contribution in [3.8, 4) is 22.3 Å². The molecule has 0 amide bonds. The van der Waals surface area contributed by atoms with E-state index >= 15 is 0 Å². The number of benzene rings is 9. The minimum absolute atomic E-state index is 0.928. The average Bonchev–Trinajstić information content (AvgIpc) is 3.91. The predicted molar refractivity (Wildman–Crippen MR) is 248 cm³/mol. The van der Waals surface area contributed by atoms with Gasteiger partial charge in [-0.2, -0.15) is 0 Å². The molecule has 274 valence electrons. The van der Waals surface area contributed by atoms with Gasteiger partial charge in [-0.15, -0.1) is 0 Å². The Morgan fingerprint density at radius 1 is 0.310 bits per heavy atom. The molecular formula is C52H34N4S2. The standard InChI is InChI=1S/C52H34N4S2/c1-5-17-35(18-6-1)49-41-31-29-40(56(38-23-11-4-12-24-38)52-54-46-26-14-16-28-48(46)58-52)34-44(41)50(36-19-7-2-8-20-36)42-32-30-39(33-43(42)49)55(37-21-9-3-10-22-37)51-53-45-25-13-15-27-47(45)57-51/h1-34H. The Kier molecular flexibility index (Phi) is 8.50. The van der Waals surface area contributed by atoms with Crippen LogP contribution < -0.4 is 9.80 Å². The van der Waals surface area contributed by atoms with E-state index in [0.29, 0.717) is 0 Å². The molecule has 11 aromatic rings. The molecule has 2 aromatic heterocycles. The summed E-state index contributed by atoms with van der Waals surface area (Å²) >= 11 is 3.42. The van der Waals surface area contributed by atoms with Crippen molar-refractivity contribution in [2.45, 2.75) is 0 Å². The van der Waals surface area contributed by atoms with Crippen molar-refractivity contribution in [3.05, 3.63) is 206 Å². The Morgan fingerprint density at radius 2 is 0.672 bits per heavy atom. The summed E-state index contributed by atoms with van der Waals surface area (Å²) in [4.78, 5) is 14.9. The second-order valence-corrected chi connectivity index (χ2v) is 16.2. The normalized spacial score (nSPS) is 11.4. The van der Waals surface area contributed by atoms with Crippen molar-refractivity contribution in [2.24, 2.45) is 0 Å². The third kappa shape index (κ3) is 5.98. The summed E-state index contributed by atoms with van der Waals surface area (Å²) in [6.07, 6.45) is 0. The molecule has 0 radical (unpaired) electrons. The highest BCUT2D eigenvalue weighted by atomic mass is 32.1. The summed E-state index contributed by atoms with van der Waals surface area (Å²) in [5, 5.41) is 6.58. The van der Waals surface area contributed by atoms with E-state index < -0.39 is 0 Å². The molecule has 0 spiro atoms. The van der Waals surface area contributed by atoms with Crippen molar-refractivity contribution < 1.29 is 0 Å². The molecular weight excluding hydrogens is 745 g/mol. The predicted octanol–water partition coefficient (Wildman–Crippen LogP) is 15.5. The highest BCUT2D eigenvalue weighted by Gasteiger charge is 2.24. The first-order valence-electron chi connectivity index (χ1n) is 19.3. The van der Waals surface area contributed by atoms with Gasteiger partial charge in [0.15, 0.2) is 10.3 Å². The maximum atomic E-state index is 5.17. The summed E-state index contributed by atoms with van der Waals surface area (Å²) in [5.74, 6) is 0. The van der Waals surface area contributed by atoms with Gasteiger partial charge >= 0.3 is 0 Å². The van der Waals surface area contributed by atoms with Crippen LogP contribution >= 0.6 is 22.7 Å². The molecule has 9 aromatic carbocycles. The lowest BCUT2D eigenvalue weighted by Crippen LogP contribution is -2.10. The van der Waals surface area contributed by atoms with Gasteiger partial charge in [-0.1, -0.05) is 156 Å². The van der Waals surface area contributed by atoms with Crippen LogP contribution in [0.3, 0.4) is 0 Å². The number of nitrogens with zero attached hydrogens (tertiary/aromatic N) is 4. The van der Waals surface area contributed by atoms with Gasteiger partial charge < -0.3 is 0 Å². The van der Waals surface area contributed by atoms with Crippen molar-refractivity contribution in [3.63, 3.8) is 0 Å². The van der Waals surface area contributed by atoms with Crippen LogP contribution in [-0.2, 0) is 0 Å². The fourth-order valence-electron chi connectivity index (χ4n) is 8.12. The van der Waals surface area contributed by atoms with Crippen LogP contribution in [0.25, 0.3) is 64.2 Å². The third-order valence-corrected chi connectivity index (χ3v) is 12.7. The Hall–Kier alpha value is -7.12. The molecule has 0 bridgehead atoms. The molecule has 11 rings (SSSR count). The summed E-state index contributed by atoms with van der Waals surface area (Å²) in [6, 6.07) is 73.5. The first-order chi connectivity index (χ1) is 28.8. The van der Waals surface area contributed by atoms with Gasteiger partial charge in [0, 0.05) is 22.7 Å². The van der Waals surface area contributed by atoms with E-state index in [9.17, 15) is 0 Å². The maximum Gasteiger partial charge on any atom is 0.195 e. The highest BCUT2D eigenvalue weighted by molar-refractivity contribution is 7.22. The van der Waals surface area contributed by atoms with Gasteiger partial charge in [0.1, 0.15) is 0 Å². The first kappa shape index (κ1) is 34.2.